The van der Waals surface area contributed by atoms with E-state index in [9.17, 15) is 9.59 Å². The first-order valence-corrected chi connectivity index (χ1v) is 5.23. The van der Waals surface area contributed by atoms with E-state index in [1.54, 1.807) is 11.8 Å². The van der Waals surface area contributed by atoms with Crippen molar-refractivity contribution in [1.82, 2.24) is 15.1 Å². The zero-order valence-corrected chi connectivity index (χ0v) is 9.62. The second kappa shape index (κ2) is 5.11. The number of nitrogens with one attached hydrogen (secondary N) is 1. The summed E-state index contributed by atoms with van der Waals surface area (Å²) in [6, 6.07) is -0.370. The van der Waals surface area contributed by atoms with E-state index in [0.717, 1.165) is 13.0 Å². The van der Waals surface area contributed by atoms with E-state index in [1.165, 1.54) is 0 Å². The van der Waals surface area contributed by atoms with Crippen LogP contribution in [0.5, 0.6) is 0 Å². The lowest BCUT2D eigenvalue weighted by Gasteiger charge is -2.31. The summed E-state index contributed by atoms with van der Waals surface area (Å²) in [7, 11) is 3.99. The Morgan fingerprint density at radius 2 is 2.13 bits per heavy atom. The van der Waals surface area contributed by atoms with Gasteiger partial charge in [-0.15, -0.1) is 0 Å². The lowest BCUT2D eigenvalue weighted by molar-refractivity contribution is -0.143. The highest BCUT2D eigenvalue weighted by Gasteiger charge is 2.28. The van der Waals surface area contributed by atoms with Gasteiger partial charge in [-0.2, -0.15) is 0 Å². The van der Waals surface area contributed by atoms with Crippen LogP contribution in [-0.2, 0) is 9.59 Å². The molecule has 1 aliphatic rings. The van der Waals surface area contributed by atoms with Crippen LogP contribution in [0.2, 0.25) is 0 Å². The Labute approximate surface area is 90.4 Å². The minimum absolute atomic E-state index is 0.0216. The Bertz CT molecular complexity index is 253. The van der Waals surface area contributed by atoms with Gasteiger partial charge in [0.15, 0.2) is 0 Å². The molecule has 1 fully saturated rings. The molecule has 1 unspecified atom stereocenters. The lowest BCUT2D eigenvalue weighted by Crippen LogP contribution is -2.57. The summed E-state index contributed by atoms with van der Waals surface area (Å²) in [5.74, 6) is -0.0414. The molecule has 0 aromatic rings. The highest BCUT2D eigenvalue weighted by Crippen LogP contribution is 2.03. The molecule has 1 rings (SSSR count). The molecule has 0 radical (unpaired) electrons. The molecule has 0 bridgehead atoms. The van der Waals surface area contributed by atoms with Crippen LogP contribution in [0, 0.1) is 0 Å². The van der Waals surface area contributed by atoms with Crippen molar-refractivity contribution in [1.29, 1.82) is 0 Å². The van der Waals surface area contributed by atoms with Crippen molar-refractivity contribution in [3.63, 3.8) is 0 Å². The normalized spacial score (nSPS) is 22.1. The number of hydrogen-bond donors (Lipinski definition) is 1. The van der Waals surface area contributed by atoms with Crippen molar-refractivity contribution in [2.45, 2.75) is 19.4 Å². The Balaban J connectivity index is 2.39. The van der Waals surface area contributed by atoms with Crippen molar-refractivity contribution in [2.75, 3.05) is 33.7 Å². The molecule has 5 nitrogen and oxygen atoms in total. The maximum Gasteiger partial charge on any atom is 0.245 e. The minimum Gasteiger partial charge on any atom is -0.343 e. The Morgan fingerprint density at radius 1 is 1.47 bits per heavy atom. The van der Waals surface area contributed by atoms with Crippen LogP contribution in [0.4, 0.5) is 0 Å². The van der Waals surface area contributed by atoms with Gasteiger partial charge < -0.3 is 15.1 Å². The summed E-state index contributed by atoms with van der Waals surface area (Å²) in [6.45, 7) is 3.52. The SMILES string of the molecule is CC1NC(=O)CN(CCCN(C)C)C1=O. The molecular formula is C10H19N3O2. The van der Waals surface area contributed by atoms with Crippen LogP contribution in [0.25, 0.3) is 0 Å². The highest BCUT2D eigenvalue weighted by molar-refractivity contribution is 5.94. The third kappa shape index (κ3) is 3.51. The van der Waals surface area contributed by atoms with E-state index in [-0.39, 0.29) is 24.4 Å². The molecule has 0 aromatic carbocycles. The average Bonchev–Trinajstić information content (AvgIpc) is 2.12. The zero-order valence-electron chi connectivity index (χ0n) is 9.62. The number of carbonyl (C=O) groups is 2. The maximum absolute atomic E-state index is 11.6. The first kappa shape index (κ1) is 12.0. The molecule has 1 atom stereocenters. The van der Waals surface area contributed by atoms with Crippen LogP contribution in [0.1, 0.15) is 13.3 Å². The number of nitrogens with zero attached hydrogens (tertiary/aromatic N) is 2. The predicted molar refractivity (Wildman–Crippen MR) is 57.4 cm³/mol. The Hall–Kier alpha value is -1.10. The molecule has 15 heavy (non-hydrogen) atoms. The van der Waals surface area contributed by atoms with Gasteiger partial charge in [-0.25, -0.2) is 0 Å². The summed E-state index contributed by atoms with van der Waals surface area (Å²) in [6.07, 6.45) is 0.902. The molecule has 1 saturated heterocycles. The van der Waals surface area contributed by atoms with Crippen LogP contribution in [0.15, 0.2) is 0 Å². The smallest absolute Gasteiger partial charge is 0.245 e. The second-order valence-corrected chi connectivity index (χ2v) is 4.21. The Kier molecular flexibility index (Phi) is 4.08. The molecule has 5 heteroatoms. The fourth-order valence-corrected chi connectivity index (χ4v) is 1.64. The molecule has 1 N–H and O–H groups in total. The fourth-order valence-electron chi connectivity index (χ4n) is 1.64. The largest absolute Gasteiger partial charge is 0.343 e. The van der Waals surface area contributed by atoms with Gasteiger partial charge in [0, 0.05) is 6.54 Å². The predicted octanol–water partition coefficient (Wildman–Crippen LogP) is -0.715. The van der Waals surface area contributed by atoms with Crippen LogP contribution in [-0.4, -0.2) is 61.4 Å². The fraction of sp³-hybridized carbons (Fsp3) is 0.800. The maximum atomic E-state index is 11.6. The van der Waals surface area contributed by atoms with Gasteiger partial charge in [0.1, 0.15) is 6.04 Å². The van der Waals surface area contributed by atoms with Gasteiger partial charge in [0.2, 0.25) is 11.8 Å². The minimum atomic E-state index is -0.370. The molecule has 2 amide bonds. The van der Waals surface area contributed by atoms with E-state index in [4.69, 9.17) is 0 Å². The molecule has 1 heterocycles. The van der Waals surface area contributed by atoms with Crippen LogP contribution < -0.4 is 5.32 Å². The summed E-state index contributed by atoms with van der Waals surface area (Å²) < 4.78 is 0. The highest BCUT2D eigenvalue weighted by atomic mass is 16.2. The Morgan fingerprint density at radius 3 is 2.73 bits per heavy atom. The molecule has 0 saturated carbocycles. The first-order chi connectivity index (χ1) is 7.00. The van der Waals surface area contributed by atoms with E-state index in [1.807, 2.05) is 14.1 Å². The third-order valence-electron chi connectivity index (χ3n) is 2.43. The van der Waals surface area contributed by atoms with E-state index < -0.39 is 0 Å². The van der Waals surface area contributed by atoms with E-state index in [2.05, 4.69) is 10.2 Å². The van der Waals surface area contributed by atoms with Crippen molar-refractivity contribution < 1.29 is 9.59 Å². The number of amides is 2. The van der Waals surface area contributed by atoms with Crippen molar-refractivity contribution in [3.8, 4) is 0 Å². The van der Waals surface area contributed by atoms with Crippen molar-refractivity contribution in [2.24, 2.45) is 0 Å². The summed E-state index contributed by atoms with van der Waals surface area (Å²) in [5, 5.41) is 2.62. The summed E-state index contributed by atoms with van der Waals surface area (Å²) in [5.41, 5.74) is 0. The third-order valence-corrected chi connectivity index (χ3v) is 2.43. The number of carbonyl (C=O) groups excluding carboxylic acids is 2. The molecule has 0 spiro atoms. The quantitative estimate of drug-likeness (QED) is 0.671. The van der Waals surface area contributed by atoms with Gasteiger partial charge in [-0.3, -0.25) is 9.59 Å². The van der Waals surface area contributed by atoms with Crippen molar-refractivity contribution in [3.05, 3.63) is 0 Å². The van der Waals surface area contributed by atoms with Gasteiger partial charge in [0.25, 0.3) is 0 Å². The van der Waals surface area contributed by atoms with Gasteiger partial charge in [-0.1, -0.05) is 0 Å². The van der Waals surface area contributed by atoms with Gasteiger partial charge in [0.05, 0.1) is 6.54 Å². The van der Waals surface area contributed by atoms with Crippen LogP contribution in [0.3, 0.4) is 0 Å². The first-order valence-electron chi connectivity index (χ1n) is 5.23. The van der Waals surface area contributed by atoms with E-state index in [0.29, 0.717) is 6.54 Å². The summed E-state index contributed by atoms with van der Waals surface area (Å²) in [4.78, 5) is 26.6. The summed E-state index contributed by atoms with van der Waals surface area (Å²) >= 11 is 0. The molecule has 86 valence electrons. The molecule has 0 aliphatic carbocycles. The van der Waals surface area contributed by atoms with Gasteiger partial charge in [-0.05, 0) is 34.0 Å². The molecular weight excluding hydrogens is 194 g/mol. The molecule has 0 aromatic heterocycles. The second-order valence-electron chi connectivity index (χ2n) is 4.21. The molecule has 1 aliphatic heterocycles. The number of hydrogen-bond acceptors (Lipinski definition) is 3. The monoisotopic (exact) mass is 213 g/mol. The number of rotatable bonds is 4. The van der Waals surface area contributed by atoms with Crippen molar-refractivity contribution >= 4 is 11.8 Å². The van der Waals surface area contributed by atoms with E-state index >= 15 is 0 Å². The van der Waals surface area contributed by atoms with Crippen LogP contribution >= 0.6 is 0 Å². The number of piperazine rings is 1. The zero-order chi connectivity index (χ0) is 11.4. The average molecular weight is 213 g/mol. The standard InChI is InChI=1S/C10H19N3O2/c1-8-10(15)13(7-9(14)11-8)6-4-5-12(2)3/h8H,4-7H2,1-3H3,(H,11,14). The lowest BCUT2D eigenvalue weighted by atomic mass is 10.2. The van der Waals surface area contributed by atoms with Gasteiger partial charge >= 0.3 is 0 Å². The topological polar surface area (TPSA) is 52.7 Å².